The highest BCUT2D eigenvalue weighted by Gasteiger charge is 2.50. The van der Waals surface area contributed by atoms with Crippen LogP contribution in [0.15, 0.2) is 59.5 Å². The van der Waals surface area contributed by atoms with Gasteiger partial charge in [-0.25, -0.2) is 0 Å². The van der Waals surface area contributed by atoms with Crippen molar-refractivity contribution >= 4 is 28.0 Å². The maximum atomic E-state index is 12.9. The molecule has 194 valence electrons. The number of amides is 1. The van der Waals surface area contributed by atoms with Crippen LogP contribution in [0, 0.1) is 6.92 Å². The van der Waals surface area contributed by atoms with Crippen LogP contribution in [0.25, 0.3) is 0 Å². The first kappa shape index (κ1) is 27.3. The van der Waals surface area contributed by atoms with Crippen molar-refractivity contribution in [2.45, 2.75) is 56.3 Å². The Labute approximate surface area is 208 Å². The molecule has 0 aromatic heterocycles. The van der Waals surface area contributed by atoms with Crippen LogP contribution in [0.5, 0.6) is 0 Å². The molecule has 1 aliphatic rings. The highest BCUT2D eigenvalue weighted by molar-refractivity contribution is 7.86. The molecule has 11 nitrogen and oxygen atoms in total. The number of aliphatic hydroxyl groups is 1. The van der Waals surface area contributed by atoms with E-state index in [4.69, 9.17) is 18.4 Å². The zero-order chi connectivity index (χ0) is 26.5. The molecule has 2 aromatic rings. The Morgan fingerprint density at radius 3 is 2.11 bits per heavy atom. The van der Waals surface area contributed by atoms with Gasteiger partial charge in [-0.2, -0.15) is 8.42 Å². The van der Waals surface area contributed by atoms with Crippen molar-refractivity contribution in [1.29, 1.82) is 0 Å². The van der Waals surface area contributed by atoms with E-state index in [0.29, 0.717) is 0 Å². The molecular weight excluding hydrogens is 494 g/mol. The van der Waals surface area contributed by atoms with Gasteiger partial charge in [0.2, 0.25) is 0 Å². The van der Waals surface area contributed by atoms with Crippen LogP contribution < -0.4 is 5.32 Å². The van der Waals surface area contributed by atoms with Gasteiger partial charge in [-0.3, -0.25) is 18.6 Å². The summed E-state index contributed by atoms with van der Waals surface area (Å²) in [6.45, 7) is 3.31. The molecule has 0 unspecified atom stereocenters. The number of rotatable bonds is 8. The van der Waals surface area contributed by atoms with Crippen molar-refractivity contribution in [3.63, 3.8) is 0 Å². The minimum Gasteiger partial charge on any atom is -0.457 e. The van der Waals surface area contributed by atoms with Crippen LogP contribution in [-0.4, -0.2) is 68.6 Å². The van der Waals surface area contributed by atoms with Crippen LogP contribution in [0.2, 0.25) is 0 Å². The molecule has 1 saturated heterocycles. The number of aliphatic hydroxyl groups excluding tert-OH is 1. The Morgan fingerprint density at radius 1 is 0.944 bits per heavy atom. The van der Waals surface area contributed by atoms with E-state index in [1.54, 1.807) is 37.3 Å². The number of esters is 2. The highest BCUT2D eigenvalue weighted by atomic mass is 32.2. The first-order valence-corrected chi connectivity index (χ1v) is 12.4. The van der Waals surface area contributed by atoms with E-state index in [9.17, 15) is 27.9 Å². The lowest BCUT2D eigenvalue weighted by molar-refractivity contribution is -0.268. The number of nitrogens with one attached hydrogen (secondary N) is 1. The molecule has 1 aliphatic heterocycles. The van der Waals surface area contributed by atoms with E-state index in [1.165, 1.54) is 24.3 Å². The zero-order valence-corrected chi connectivity index (χ0v) is 20.6. The predicted molar refractivity (Wildman–Crippen MR) is 124 cm³/mol. The molecule has 36 heavy (non-hydrogen) atoms. The summed E-state index contributed by atoms with van der Waals surface area (Å²) < 4.78 is 46.4. The summed E-state index contributed by atoms with van der Waals surface area (Å²) in [4.78, 5) is 36.4. The quantitative estimate of drug-likeness (QED) is 0.381. The van der Waals surface area contributed by atoms with E-state index in [0.717, 1.165) is 19.4 Å². The van der Waals surface area contributed by atoms with Gasteiger partial charge in [0.1, 0.15) is 12.1 Å². The molecule has 2 aromatic carbocycles. The third-order valence-electron chi connectivity index (χ3n) is 5.30. The minimum atomic E-state index is -4.24. The summed E-state index contributed by atoms with van der Waals surface area (Å²) in [5.41, 5.74) is 1.09. The van der Waals surface area contributed by atoms with E-state index in [1.807, 2.05) is 0 Å². The van der Waals surface area contributed by atoms with Crippen LogP contribution in [0.4, 0.5) is 0 Å². The molecule has 0 saturated carbocycles. The van der Waals surface area contributed by atoms with Crippen molar-refractivity contribution < 1.29 is 46.3 Å². The second-order valence-corrected chi connectivity index (χ2v) is 9.75. The van der Waals surface area contributed by atoms with Gasteiger partial charge in [0.05, 0.1) is 11.5 Å². The lowest BCUT2D eigenvalue weighted by atomic mass is 9.95. The average molecular weight is 522 g/mol. The Hall–Kier alpha value is -3.32. The number of ether oxygens (including phenoxy) is 3. The normalized spacial score (nSPS) is 23.9. The predicted octanol–water partition coefficient (Wildman–Crippen LogP) is 1.08. The van der Waals surface area contributed by atoms with Gasteiger partial charge < -0.3 is 24.6 Å². The van der Waals surface area contributed by atoms with E-state index in [-0.39, 0.29) is 10.5 Å². The molecule has 1 amide bonds. The lowest BCUT2D eigenvalue weighted by Crippen LogP contribution is -2.66. The number of carbonyl (C=O) groups excluding carboxylic acids is 3. The molecule has 0 spiro atoms. The summed E-state index contributed by atoms with van der Waals surface area (Å²) in [5.74, 6) is -2.19. The SMILES string of the molecule is CC(=O)O[C@@H]1[C@@H](NC(=O)c2ccccc2)[C@@H](OC(C)=O)[C@@H](COS(=O)(=O)c2ccc(C)cc2)O[C@H]1O. The zero-order valence-electron chi connectivity index (χ0n) is 19.8. The Balaban J connectivity index is 1.89. The average Bonchev–Trinajstić information content (AvgIpc) is 2.82. The van der Waals surface area contributed by atoms with E-state index >= 15 is 0 Å². The monoisotopic (exact) mass is 521 g/mol. The highest BCUT2D eigenvalue weighted by Crippen LogP contribution is 2.27. The molecular formula is C24H27NO10S. The van der Waals surface area contributed by atoms with Gasteiger partial charge in [-0.15, -0.1) is 0 Å². The summed E-state index contributed by atoms with van der Waals surface area (Å²) in [6.07, 6.45) is -5.99. The second kappa shape index (κ2) is 11.6. The molecule has 12 heteroatoms. The molecule has 5 atom stereocenters. The van der Waals surface area contributed by atoms with Crippen LogP contribution in [0.1, 0.15) is 29.8 Å². The van der Waals surface area contributed by atoms with Gasteiger partial charge in [-0.05, 0) is 31.2 Å². The number of carbonyl (C=O) groups is 3. The van der Waals surface area contributed by atoms with Gasteiger partial charge >= 0.3 is 11.9 Å². The molecule has 2 N–H and O–H groups in total. The van der Waals surface area contributed by atoms with E-state index < -0.39 is 65.2 Å². The Morgan fingerprint density at radius 2 is 1.53 bits per heavy atom. The van der Waals surface area contributed by atoms with Crippen LogP contribution in [0.3, 0.4) is 0 Å². The maximum absolute atomic E-state index is 12.9. The first-order valence-electron chi connectivity index (χ1n) is 11.0. The number of hydrogen-bond donors (Lipinski definition) is 2. The number of aryl methyl sites for hydroxylation is 1. The topological polar surface area (TPSA) is 155 Å². The van der Waals surface area contributed by atoms with E-state index in [2.05, 4.69) is 5.32 Å². The van der Waals surface area contributed by atoms with Crippen molar-refractivity contribution in [3.05, 3.63) is 65.7 Å². The summed E-state index contributed by atoms with van der Waals surface area (Å²) in [7, 11) is -4.24. The fourth-order valence-corrected chi connectivity index (χ4v) is 4.56. The van der Waals surface area contributed by atoms with Gasteiger partial charge in [-0.1, -0.05) is 35.9 Å². The molecule has 1 fully saturated rings. The third-order valence-corrected chi connectivity index (χ3v) is 6.60. The third kappa shape index (κ3) is 6.88. The fourth-order valence-electron chi connectivity index (χ4n) is 3.65. The molecule has 0 bridgehead atoms. The Bertz CT molecular complexity index is 1180. The standard InChI is InChI=1S/C24H27NO10S/c1-14-9-11-18(12-10-14)36(30,31)32-13-19-21(33-15(2)26)20(22(24(29)35-19)34-16(3)27)25-23(28)17-7-5-4-6-8-17/h4-12,19-22,24,29H,13H2,1-3H3,(H,25,28)/t19-,20+,21+,22-,24-/m1/s1. The van der Waals surface area contributed by atoms with Crippen molar-refractivity contribution in [3.8, 4) is 0 Å². The molecule has 0 radical (unpaired) electrons. The smallest absolute Gasteiger partial charge is 0.303 e. The summed E-state index contributed by atoms with van der Waals surface area (Å²) in [5, 5.41) is 13.2. The largest absolute Gasteiger partial charge is 0.457 e. The number of hydrogen-bond acceptors (Lipinski definition) is 10. The first-order chi connectivity index (χ1) is 17.0. The maximum Gasteiger partial charge on any atom is 0.303 e. The number of benzene rings is 2. The van der Waals surface area contributed by atoms with Crippen molar-refractivity contribution in [2.24, 2.45) is 0 Å². The van der Waals surface area contributed by atoms with Gasteiger partial charge in [0.25, 0.3) is 16.0 Å². The minimum absolute atomic E-state index is 0.111. The Kier molecular flexibility index (Phi) is 8.79. The molecule has 3 rings (SSSR count). The van der Waals surface area contributed by atoms with Crippen molar-refractivity contribution in [2.75, 3.05) is 6.61 Å². The van der Waals surface area contributed by atoms with Crippen LogP contribution in [-0.2, 0) is 38.1 Å². The second-order valence-electron chi connectivity index (χ2n) is 8.13. The van der Waals surface area contributed by atoms with Crippen LogP contribution >= 0.6 is 0 Å². The lowest BCUT2D eigenvalue weighted by Gasteiger charge is -2.43. The molecule has 0 aliphatic carbocycles. The fraction of sp³-hybridized carbons (Fsp3) is 0.375. The van der Waals surface area contributed by atoms with Gasteiger partial charge in [0, 0.05) is 19.4 Å². The van der Waals surface area contributed by atoms with Gasteiger partial charge in [0.15, 0.2) is 18.5 Å². The summed E-state index contributed by atoms with van der Waals surface area (Å²) >= 11 is 0. The molecule has 1 heterocycles. The summed E-state index contributed by atoms with van der Waals surface area (Å²) in [6, 6.07) is 12.7. The van der Waals surface area contributed by atoms with Crippen molar-refractivity contribution in [1.82, 2.24) is 5.32 Å².